The van der Waals surface area contributed by atoms with Gasteiger partial charge in [0.25, 0.3) is 11.8 Å². The highest BCUT2D eigenvalue weighted by Gasteiger charge is 2.42. The van der Waals surface area contributed by atoms with Gasteiger partial charge in [-0.3, -0.25) is 9.59 Å². The SMILES string of the molecule is Cc1cccc(N2C(=O)C(c3ccc(Cl)cc3Cl)=C(N(C)CCO)C2=O)c1C. The molecule has 146 valence electrons. The number of rotatable bonds is 5. The van der Waals surface area contributed by atoms with Crippen LogP contribution in [0.1, 0.15) is 16.7 Å². The maximum Gasteiger partial charge on any atom is 0.282 e. The third-order valence-corrected chi connectivity index (χ3v) is 5.44. The Hall–Kier alpha value is -2.34. The number of carbonyl (C=O) groups is 2. The van der Waals surface area contributed by atoms with Crippen molar-refractivity contribution >= 4 is 46.3 Å². The van der Waals surface area contributed by atoms with Crippen LogP contribution < -0.4 is 4.90 Å². The lowest BCUT2D eigenvalue weighted by Crippen LogP contribution is -2.35. The molecule has 1 aliphatic heterocycles. The Balaban J connectivity index is 2.21. The minimum atomic E-state index is -0.456. The van der Waals surface area contributed by atoms with Crippen LogP contribution in [0, 0.1) is 13.8 Å². The highest BCUT2D eigenvalue weighted by molar-refractivity contribution is 6.47. The van der Waals surface area contributed by atoms with E-state index in [1.165, 1.54) is 11.0 Å². The summed E-state index contributed by atoms with van der Waals surface area (Å²) in [6, 6.07) is 10.3. The highest BCUT2D eigenvalue weighted by atomic mass is 35.5. The van der Waals surface area contributed by atoms with Crippen molar-refractivity contribution in [2.75, 3.05) is 25.1 Å². The number of nitrogens with zero attached hydrogens (tertiary/aromatic N) is 2. The summed E-state index contributed by atoms with van der Waals surface area (Å²) in [6.07, 6.45) is 0. The van der Waals surface area contributed by atoms with Crippen molar-refractivity contribution in [2.45, 2.75) is 13.8 Å². The highest BCUT2D eigenvalue weighted by Crippen LogP contribution is 2.39. The normalized spacial score (nSPS) is 14.3. The molecule has 0 unspecified atom stereocenters. The van der Waals surface area contributed by atoms with E-state index in [1.807, 2.05) is 26.0 Å². The van der Waals surface area contributed by atoms with Crippen molar-refractivity contribution in [3.05, 3.63) is 68.8 Å². The van der Waals surface area contributed by atoms with Crippen LogP contribution in [0.4, 0.5) is 5.69 Å². The van der Waals surface area contributed by atoms with Crippen LogP contribution in [0.3, 0.4) is 0 Å². The predicted molar refractivity (Wildman–Crippen MR) is 112 cm³/mol. The van der Waals surface area contributed by atoms with Gasteiger partial charge in [0, 0.05) is 24.2 Å². The number of hydrogen-bond acceptors (Lipinski definition) is 4. The second-order valence-electron chi connectivity index (χ2n) is 6.66. The van der Waals surface area contributed by atoms with Crippen LogP contribution in [0.2, 0.25) is 10.0 Å². The molecule has 0 saturated heterocycles. The van der Waals surface area contributed by atoms with Gasteiger partial charge in [-0.25, -0.2) is 4.90 Å². The Morgan fingerprint density at radius 1 is 1.07 bits per heavy atom. The summed E-state index contributed by atoms with van der Waals surface area (Å²) in [5, 5.41) is 10.1. The molecule has 5 nitrogen and oxygen atoms in total. The summed E-state index contributed by atoms with van der Waals surface area (Å²) in [7, 11) is 1.66. The topological polar surface area (TPSA) is 60.9 Å². The van der Waals surface area contributed by atoms with Gasteiger partial charge in [0.15, 0.2) is 0 Å². The van der Waals surface area contributed by atoms with Gasteiger partial charge in [-0.05, 0) is 43.2 Å². The van der Waals surface area contributed by atoms with E-state index in [0.717, 1.165) is 11.1 Å². The molecule has 0 radical (unpaired) electrons. The Morgan fingerprint density at radius 3 is 2.43 bits per heavy atom. The van der Waals surface area contributed by atoms with Crippen LogP contribution in [-0.4, -0.2) is 42.0 Å². The van der Waals surface area contributed by atoms with Crippen molar-refractivity contribution in [1.82, 2.24) is 4.90 Å². The zero-order valence-electron chi connectivity index (χ0n) is 15.8. The maximum absolute atomic E-state index is 13.4. The average Bonchev–Trinajstić information content (AvgIpc) is 2.88. The molecule has 1 aliphatic rings. The lowest BCUT2D eigenvalue weighted by Gasteiger charge is -2.21. The third kappa shape index (κ3) is 3.41. The molecule has 1 N–H and O–H groups in total. The quantitative estimate of drug-likeness (QED) is 0.749. The number of halogens is 2. The third-order valence-electron chi connectivity index (χ3n) is 4.89. The lowest BCUT2D eigenvalue weighted by molar-refractivity contribution is -0.120. The van der Waals surface area contributed by atoms with Crippen molar-refractivity contribution in [3.63, 3.8) is 0 Å². The van der Waals surface area contributed by atoms with Gasteiger partial charge in [-0.15, -0.1) is 0 Å². The van der Waals surface area contributed by atoms with E-state index < -0.39 is 11.8 Å². The number of anilines is 1. The number of aliphatic hydroxyl groups excluding tert-OH is 1. The molecule has 0 bridgehead atoms. The molecule has 0 fully saturated rings. The molecule has 28 heavy (non-hydrogen) atoms. The first-order valence-corrected chi connectivity index (χ1v) is 9.50. The number of carbonyl (C=O) groups excluding carboxylic acids is 2. The molecule has 2 aromatic rings. The first-order valence-electron chi connectivity index (χ1n) is 8.74. The van der Waals surface area contributed by atoms with Gasteiger partial charge in [0.1, 0.15) is 5.70 Å². The number of aryl methyl sites for hydroxylation is 1. The fourth-order valence-electron chi connectivity index (χ4n) is 3.27. The van der Waals surface area contributed by atoms with Gasteiger partial charge in [-0.1, -0.05) is 41.4 Å². The number of benzene rings is 2. The van der Waals surface area contributed by atoms with Gasteiger partial charge in [-0.2, -0.15) is 0 Å². The lowest BCUT2D eigenvalue weighted by atomic mass is 10.0. The van der Waals surface area contributed by atoms with E-state index in [9.17, 15) is 14.7 Å². The van der Waals surface area contributed by atoms with Crippen LogP contribution in [0.15, 0.2) is 42.1 Å². The van der Waals surface area contributed by atoms with Gasteiger partial charge in [0.2, 0.25) is 0 Å². The smallest absolute Gasteiger partial charge is 0.282 e. The minimum Gasteiger partial charge on any atom is -0.395 e. The van der Waals surface area contributed by atoms with E-state index in [4.69, 9.17) is 23.2 Å². The van der Waals surface area contributed by atoms with Crippen molar-refractivity contribution < 1.29 is 14.7 Å². The van der Waals surface area contributed by atoms with Gasteiger partial charge < -0.3 is 10.0 Å². The van der Waals surface area contributed by atoms with E-state index in [0.29, 0.717) is 16.3 Å². The van der Waals surface area contributed by atoms with Gasteiger partial charge in [0.05, 0.1) is 22.9 Å². The molecular weight excluding hydrogens is 399 g/mol. The fraction of sp³-hybridized carbons (Fsp3) is 0.238. The number of amides is 2. The molecule has 3 rings (SSSR count). The summed E-state index contributed by atoms with van der Waals surface area (Å²) in [5.74, 6) is -0.904. The number of aliphatic hydroxyl groups is 1. The van der Waals surface area contributed by atoms with Crippen molar-refractivity contribution in [1.29, 1.82) is 0 Å². The second kappa shape index (κ2) is 7.95. The molecule has 1 heterocycles. The Morgan fingerprint density at radius 2 is 1.79 bits per heavy atom. The summed E-state index contributed by atoms with van der Waals surface area (Å²) < 4.78 is 0. The molecule has 2 amide bonds. The molecule has 2 aromatic carbocycles. The van der Waals surface area contributed by atoms with Crippen LogP contribution >= 0.6 is 23.2 Å². The first kappa shape index (κ1) is 20.4. The summed E-state index contributed by atoms with van der Waals surface area (Å²) in [6.45, 7) is 3.83. The molecule has 7 heteroatoms. The van der Waals surface area contributed by atoms with Crippen LogP contribution in [0.25, 0.3) is 5.57 Å². The molecule has 0 spiro atoms. The van der Waals surface area contributed by atoms with Crippen LogP contribution in [0.5, 0.6) is 0 Å². The van der Waals surface area contributed by atoms with Crippen molar-refractivity contribution in [2.24, 2.45) is 0 Å². The predicted octanol–water partition coefficient (Wildman–Crippen LogP) is 3.82. The number of imide groups is 1. The van der Waals surface area contributed by atoms with E-state index in [-0.39, 0.29) is 29.4 Å². The Bertz CT molecular complexity index is 1000. The molecule has 0 aliphatic carbocycles. The summed E-state index contributed by atoms with van der Waals surface area (Å²) in [5.41, 5.74) is 3.17. The molecule has 0 saturated carbocycles. The molecular formula is C21H20Cl2N2O3. The van der Waals surface area contributed by atoms with Crippen molar-refractivity contribution in [3.8, 4) is 0 Å². The van der Waals surface area contributed by atoms with Gasteiger partial charge >= 0.3 is 0 Å². The molecule has 0 aromatic heterocycles. The summed E-state index contributed by atoms with van der Waals surface area (Å²) >= 11 is 12.3. The zero-order chi connectivity index (χ0) is 20.6. The largest absolute Gasteiger partial charge is 0.395 e. The number of hydrogen-bond donors (Lipinski definition) is 1. The summed E-state index contributed by atoms with van der Waals surface area (Å²) in [4.78, 5) is 29.5. The fourth-order valence-corrected chi connectivity index (χ4v) is 3.77. The first-order chi connectivity index (χ1) is 13.3. The average molecular weight is 419 g/mol. The standard InChI is InChI=1S/C21H20Cl2N2O3/c1-12-5-4-6-17(13(12)2)25-20(27)18(15-8-7-14(22)11-16(15)23)19(21(25)28)24(3)9-10-26/h4-8,11,26H,9-10H2,1-3H3. The maximum atomic E-state index is 13.4. The Kier molecular flexibility index (Phi) is 5.79. The Labute approximate surface area is 173 Å². The van der Waals surface area contributed by atoms with E-state index in [1.54, 1.807) is 30.1 Å². The zero-order valence-corrected chi connectivity index (χ0v) is 17.3. The van der Waals surface area contributed by atoms with Crippen LogP contribution in [-0.2, 0) is 9.59 Å². The van der Waals surface area contributed by atoms with E-state index in [2.05, 4.69) is 0 Å². The second-order valence-corrected chi connectivity index (χ2v) is 7.50. The monoisotopic (exact) mass is 418 g/mol. The molecule has 0 atom stereocenters. The minimum absolute atomic E-state index is 0.160. The number of likely N-dealkylation sites (N-methyl/N-ethyl adjacent to an activating group) is 1. The van der Waals surface area contributed by atoms with E-state index >= 15 is 0 Å².